The van der Waals surface area contributed by atoms with Crippen LogP contribution < -0.4 is 0 Å². The number of fused-ring (bicyclic) bond motifs is 1. The minimum Gasteiger partial charge on any atom is -0.322 e. The third-order valence-corrected chi connectivity index (χ3v) is 11.3. The van der Waals surface area contributed by atoms with Crippen molar-refractivity contribution in [1.82, 2.24) is 34.7 Å². The Morgan fingerprint density at radius 2 is 1.31 bits per heavy atom. The first-order chi connectivity index (χ1) is 27.2. The van der Waals surface area contributed by atoms with Gasteiger partial charge in [-0.05, 0) is 67.7 Å². The molecule has 4 heterocycles. The third-order valence-electron chi connectivity index (χ3n) is 10.4. The molecule has 8 heteroatoms. The van der Waals surface area contributed by atoms with Gasteiger partial charge in [-0.15, -0.1) is 16.4 Å². The minimum absolute atomic E-state index is 0.677. The molecular weight excluding hydrogens is 695 g/mol. The number of benzene rings is 5. The summed E-state index contributed by atoms with van der Waals surface area (Å²) in [6.07, 6.45) is 5.12. The highest BCUT2D eigenvalue weighted by molar-refractivity contribution is 7.13. The molecule has 0 aliphatic carbocycles. The Morgan fingerprint density at radius 3 is 1.93 bits per heavy atom. The zero-order valence-corrected chi connectivity index (χ0v) is 31.3. The maximum atomic E-state index is 5.12. The minimum atomic E-state index is -0.845. The molecule has 55 heavy (non-hydrogen) atoms. The maximum absolute atomic E-state index is 5.12. The van der Waals surface area contributed by atoms with Crippen LogP contribution >= 0.6 is 11.3 Å². The summed E-state index contributed by atoms with van der Waals surface area (Å²) in [5.41, 5.74) is 9.64. The van der Waals surface area contributed by atoms with Crippen molar-refractivity contribution in [3.05, 3.63) is 197 Å². The molecule has 0 spiro atoms. The predicted octanol–water partition coefficient (Wildman–Crippen LogP) is 10.7. The highest BCUT2D eigenvalue weighted by atomic mass is 32.1. The van der Waals surface area contributed by atoms with Crippen LogP contribution in [0.25, 0.3) is 44.1 Å². The number of tetrazole rings is 1. The molecule has 0 bridgehead atoms. The number of aryl methyl sites for hydroxylation is 1. The van der Waals surface area contributed by atoms with E-state index in [2.05, 4.69) is 162 Å². The molecule has 4 aromatic heterocycles. The van der Waals surface area contributed by atoms with Crippen molar-refractivity contribution < 1.29 is 0 Å². The topological polar surface area (TPSA) is 74.3 Å². The van der Waals surface area contributed by atoms with Gasteiger partial charge in [0, 0.05) is 18.5 Å². The Balaban J connectivity index is 1.11. The van der Waals surface area contributed by atoms with Crippen LogP contribution in [0, 0.1) is 0 Å². The van der Waals surface area contributed by atoms with E-state index in [1.54, 1.807) is 11.3 Å². The summed E-state index contributed by atoms with van der Waals surface area (Å²) >= 11 is 1.70. The number of aromatic nitrogens is 7. The van der Waals surface area contributed by atoms with Gasteiger partial charge in [-0.3, -0.25) is 4.98 Å². The van der Waals surface area contributed by atoms with Crippen molar-refractivity contribution in [1.29, 1.82) is 0 Å². The summed E-state index contributed by atoms with van der Waals surface area (Å²) in [4.78, 5) is 11.1. The van der Waals surface area contributed by atoms with Crippen molar-refractivity contribution in [2.45, 2.75) is 38.3 Å². The fourth-order valence-corrected chi connectivity index (χ4v) is 8.42. The standard InChI is InChI=1S/C47H39N7S/c1-2-3-25-45-49-41-31-42(44-24-15-30-55-44)48-32-43(41)53(45)33-34-26-28-35(29-27-34)39-22-13-14-23-40(39)46-50-51-52-54(46)47(36-16-7-4-8-17-36,37-18-9-5-10-19-37)38-20-11-6-12-21-38/h4-24,26-32H,2-3,25,33H2,1H3. The van der Waals surface area contributed by atoms with E-state index in [4.69, 9.17) is 20.3 Å². The van der Waals surface area contributed by atoms with Crippen molar-refractivity contribution in [2.24, 2.45) is 0 Å². The normalized spacial score (nSPS) is 11.7. The van der Waals surface area contributed by atoms with E-state index in [0.29, 0.717) is 12.4 Å². The summed E-state index contributed by atoms with van der Waals surface area (Å²) in [5.74, 6) is 1.78. The average Bonchev–Trinajstić information content (AvgIpc) is 4.04. The summed E-state index contributed by atoms with van der Waals surface area (Å²) in [5, 5.41) is 16.0. The molecule has 0 aliphatic rings. The molecule has 5 aromatic carbocycles. The number of nitrogens with zero attached hydrogens (tertiary/aromatic N) is 7. The molecule has 9 aromatic rings. The van der Waals surface area contributed by atoms with Crippen molar-refractivity contribution >= 4 is 22.4 Å². The van der Waals surface area contributed by atoms with Crippen molar-refractivity contribution in [2.75, 3.05) is 0 Å². The van der Waals surface area contributed by atoms with Crippen molar-refractivity contribution in [3.63, 3.8) is 0 Å². The molecule has 0 aliphatic heterocycles. The van der Waals surface area contributed by atoms with Gasteiger partial charge in [0.15, 0.2) is 5.82 Å². The first-order valence-electron chi connectivity index (χ1n) is 18.8. The summed E-state index contributed by atoms with van der Waals surface area (Å²) < 4.78 is 4.34. The Bertz CT molecular complexity index is 2550. The SMILES string of the molecule is CCCCc1nc2cc(-c3cccs3)ncc2n1Cc1ccc(-c2ccccc2-c2nnnn2C(c2ccccc2)(c2ccccc2)c2ccccc2)cc1. The van der Waals surface area contributed by atoms with Crippen molar-refractivity contribution in [3.8, 4) is 33.1 Å². The van der Waals surface area contributed by atoms with E-state index in [9.17, 15) is 0 Å². The lowest BCUT2D eigenvalue weighted by molar-refractivity contribution is 0.451. The van der Waals surface area contributed by atoms with Gasteiger partial charge in [0.25, 0.3) is 0 Å². The molecule has 0 saturated carbocycles. The highest BCUT2D eigenvalue weighted by Crippen LogP contribution is 2.43. The van der Waals surface area contributed by atoms with Crippen LogP contribution in [-0.2, 0) is 18.5 Å². The van der Waals surface area contributed by atoms with Crippen LogP contribution in [0.15, 0.2) is 169 Å². The number of unbranched alkanes of at least 4 members (excludes halogenated alkanes) is 1. The fourth-order valence-electron chi connectivity index (χ4n) is 7.72. The molecule has 0 amide bonds. The second-order valence-corrected chi connectivity index (χ2v) is 14.7. The van der Waals surface area contributed by atoms with Gasteiger partial charge in [0.1, 0.15) is 11.4 Å². The van der Waals surface area contributed by atoms with E-state index in [1.807, 2.05) is 29.1 Å². The van der Waals surface area contributed by atoms with E-state index >= 15 is 0 Å². The van der Waals surface area contributed by atoms with Crippen LogP contribution in [0.3, 0.4) is 0 Å². The van der Waals surface area contributed by atoms with Crippen LogP contribution in [0.4, 0.5) is 0 Å². The lowest BCUT2D eigenvalue weighted by Crippen LogP contribution is -2.39. The molecule has 9 rings (SSSR count). The quantitative estimate of drug-likeness (QED) is 0.117. The van der Waals surface area contributed by atoms with Crippen LogP contribution in [0.2, 0.25) is 0 Å². The highest BCUT2D eigenvalue weighted by Gasteiger charge is 2.42. The number of rotatable bonds is 12. The van der Waals surface area contributed by atoms with Crippen LogP contribution in [0.5, 0.6) is 0 Å². The zero-order chi connectivity index (χ0) is 37.0. The number of hydrogen-bond donors (Lipinski definition) is 0. The van der Waals surface area contributed by atoms with Crippen LogP contribution in [0.1, 0.15) is 47.8 Å². The molecule has 0 N–H and O–H groups in total. The van der Waals surface area contributed by atoms with E-state index < -0.39 is 5.54 Å². The Labute approximate surface area is 324 Å². The first-order valence-corrected chi connectivity index (χ1v) is 19.6. The third kappa shape index (κ3) is 6.34. The van der Waals surface area contributed by atoms with Gasteiger partial charge in [0.2, 0.25) is 0 Å². The summed E-state index contributed by atoms with van der Waals surface area (Å²) in [7, 11) is 0. The zero-order valence-electron chi connectivity index (χ0n) is 30.5. The summed E-state index contributed by atoms with van der Waals surface area (Å²) in [6, 6.07) is 55.1. The molecule has 7 nitrogen and oxygen atoms in total. The van der Waals surface area contributed by atoms with Gasteiger partial charge < -0.3 is 4.57 Å². The van der Waals surface area contributed by atoms with E-state index in [0.717, 1.165) is 80.1 Å². The molecule has 0 radical (unpaired) electrons. The second-order valence-electron chi connectivity index (χ2n) is 13.7. The monoisotopic (exact) mass is 733 g/mol. The predicted molar refractivity (Wildman–Crippen MR) is 222 cm³/mol. The van der Waals surface area contributed by atoms with E-state index in [1.165, 1.54) is 5.56 Å². The Kier molecular flexibility index (Phi) is 9.40. The number of imidazole rings is 1. The smallest absolute Gasteiger partial charge is 0.184 e. The average molecular weight is 734 g/mol. The van der Waals surface area contributed by atoms with Gasteiger partial charge >= 0.3 is 0 Å². The van der Waals surface area contributed by atoms with Gasteiger partial charge in [-0.25, -0.2) is 9.67 Å². The second kappa shape index (κ2) is 15.1. The number of hydrogen-bond acceptors (Lipinski definition) is 6. The molecule has 0 saturated heterocycles. The molecule has 0 atom stereocenters. The Hall–Kier alpha value is -6.51. The van der Waals surface area contributed by atoms with Gasteiger partial charge in [0.05, 0.1) is 27.8 Å². The molecule has 268 valence electrons. The van der Waals surface area contributed by atoms with E-state index in [-0.39, 0.29) is 0 Å². The molecule has 0 fully saturated rings. The fraction of sp³-hybridized carbons (Fsp3) is 0.128. The lowest BCUT2D eigenvalue weighted by atomic mass is 9.77. The first kappa shape index (κ1) is 34.3. The largest absolute Gasteiger partial charge is 0.322 e. The summed E-state index contributed by atoms with van der Waals surface area (Å²) in [6.45, 7) is 2.94. The maximum Gasteiger partial charge on any atom is 0.184 e. The lowest BCUT2D eigenvalue weighted by Gasteiger charge is -2.36. The molecular formula is C47H39N7S. The van der Waals surface area contributed by atoms with Gasteiger partial charge in [-0.1, -0.05) is 159 Å². The van der Waals surface area contributed by atoms with Crippen LogP contribution in [-0.4, -0.2) is 34.7 Å². The number of thiophene rings is 1. The van der Waals surface area contributed by atoms with Gasteiger partial charge in [-0.2, -0.15) is 0 Å². The number of pyridine rings is 1. The molecule has 0 unspecified atom stereocenters. The Morgan fingerprint density at radius 1 is 0.673 bits per heavy atom.